The Balaban J connectivity index is 1.65. The minimum atomic E-state index is -0.693. The Labute approximate surface area is 138 Å². The van der Waals surface area contributed by atoms with Gasteiger partial charge in [-0.15, -0.1) is 0 Å². The Morgan fingerprint density at radius 1 is 1.29 bits per heavy atom. The maximum Gasteiger partial charge on any atom is 0.410 e. The molecule has 0 bridgehead atoms. The van der Waals surface area contributed by atoms with Gasteiger partial charge in [-0.1, -0.05) is 12.1 Å². The predicted octanol–water partition coefficient (Wildman–Crippen LogP) is 1.42. The third kappa shape index (κ3) is 3.62. The molecule has 0 aliphatic carbocycles. The minimum absolute atomic E-state index is 0.0137. The molecule has 3 rings (SSSR count). The highest BCUT2D eigenvalue weighted by molar-refractivity contribution is 5.87. The summed E-state index contributed by atoms with van der Waals surface area (Å²) >= 11 is 0. The highest BCUT2D eigenvalue weighted by atomic mass is 16.6. The van der Waals surface area contributed by atoms with Crippen LogP contribution in [0.3, 0.4) is 0 Å². The fraction of sp³-hybridized carbons (Fsp3) is 0.235. The number of hydrogen-bond donors (Lipinski definition) is 2. The lowest BCUT2D eigenvalue weighted by molar-refractivity contribution is -0.125. The quantitative estimate of drug-likeness (QED) is 0.867. The summed E-state index contributed by atoms with van der Waals surface area (Å²) in [6, 6.07) is 9.48. The standard InChI is InChI=1S/C17H17N3O4/c21-14-3-1-2-13(8-14)10-20-15(11-24-17(20)23)16(22)19-9-12-4-6-18-7-5-12/h1-8,15,21H,9-11H2,(H,19,22)/t15-/m0/s1. The van der Waals surface area contributed by atoms with Crippen LogP contribution in [0.25, 0.3) is 0 Å². The average Bonchev–Trinajstić information content (AvgIpc) is 2.95. The predicted molar refractivity (Wildman–Crippen MR) is 84.9 cm³/mol. The van der Waals surface area contributed by atoms with Crippen molar-refractivity contribution in [1.82, 2.24) is 15.2 Å². The number of amides is 2. The van der Waals surface area contributed by atoms with E-state index in [0.29, 0.717) is 6.54 Å². The monoisotopic (exact) mass is 327 g/mol. The van der Waals surface area contributed by atoms with Gasteiger partial charge in [-0.3, -0.25) is 14.7 Å². The van der Waals surface area contributed by atoms with Gasteiger partial charge in [-0.2, -0.15) is 0 Å². The van der Waals surface area contributed by atoms with Gasteiger partial charge in [0, 0.05) is 18.9 Å². The van der Waals surface area contributed by atoms with Crippen LogP contribution in [-0.2, 0) is 22.6 Å². The Hall–Kier alpha value is -3.09. The lowest BCUT2D eigenvalue weighted by Crippen LogP contribution is -2.45. The van der Waals surface area contributed by atoms with Gasteiger partial charge in [-0.25, -0.2) is 4.79 Å². The summed E-state index contributed by atoms with van der Waals surface area (Å²) < 4.78 is 5.01. The number of phenolic OH excluding ortho intramolecular Hbond substituents is 1. The van der Waals surface area contributed by atoms with Gasteiger partial charge in [-0.05, 0) is 35.4 Å². The molecule has 1 aromatic carbocycles. The van der Waals surface area contributed by atoms with E-state index in [0.717, 1.165) is 11.1 Å². The van der Waals surface area contributed by atoms with Crippen LogP contribution in [0.1, 0.15) is 11.1 Å². The normalized spacial score (nSPS) is 16.8. The van der Waals surface area contributed by atoms with Crippen LogP contribution in [-0.4, -0.2) is 39.6 Å². The van der Waals surface area contributed by atoms with E-state index >= 15 is 0 Å². The first-order chi connectivity index (χ1) is 11.6. The molecule has 24 heavy (non-hydrogen) atoms. The summed E-state index contributed by atoms with van der Waals surface area (Å²) in [5.41, 5.74) is 1.64. The topological polar surface area (TPSA) is 91.8 Å². The molecule has 2 N–H and O–H groups in total. The van der Waals surface area contributed by atoms with Crippen LogP contribution < -0.4 is 5.32 Å². The zero-order chi connectivity index (χ0) is 16.9. The first-order valence-electron chi connectivity index (χ1n) is 7.51. The molecule has 0 radical (unpaired) electrons. The van der Waals surface area contributed by atoms with Crippen molar-refractivity contribution in [2.24, 2.45) is 0 Å². The fourth-order valence-corrected chi connectivity index (χ4v) is 2.50. The molecule has 1 aromatic heterocycles. The lowest BCUT2D eigenvalue weighted by Gasteiger charge is -2.21. The molecule has 0 unspecified atom stereocenters. The van der Waals surface area contributed by atoms with E-state index in [2.05, 4.69) is 10.3 Å². The van der Waals surface area contributed by atoms with Gasteiger partial charge in [0.15, 0.2) is 0 Å². The number of phenols is 1. The van der Waals surface area contributed by atoms with Crippen molar-refractivity contribution in [2.75, 3.05) is 6.61 Å². The van der Waals surface area contributed by atoms with Crippen LogP contribution in [0.2, 0.25) is 0 Å². The molecule has 2 heterocycles. The molecule has 1 fully saturated rings. The Morgan fingerprint density at radius 2 is 2.08 bits per heavy atom. The van der Waals surface area contributed by atoms with Gasteiger partial charge in [0.25, 0.3) is 0 Å². The molecule has 1 aliphatic heterocycles. The summed E-state index contributed by atoms with van der Waals surface area (Å²) in [7, 11) is 0. The lowest BCUT2D eigenvalue weighted by atomic mass is 10.1. The number of aromatic hydroxyl groups is 1. The van der Waals surface area contributed by atoms with Crippen molar-refractivity contribution < 1.29 is 19.4 Å². The third-order valence-corrected chi connectivity index (χ3v) is 3.76. The van der Waals surface area contributed by atoms with Crippen molar-refractivity contribution in [3.05, 3.63) is 59.9 Å². The van der Waals surface area contributed by atoms with Crippen LogP contribution in [0.5, 0.6) is 5.75 Å². The number of carbonyl (C=O) groups is 2. The molecule has 1 aliphatic rings. The Bertz CT molecular complexity index is 736. The van der Waals surface area contributed by atoms with Crippen LogP contribution in [0.4, 0.5) is 4.79 Å². The summed E-state index contributed by atoms with van der Waals surface area (Å²) in [6.07, 6.45) is 2.76. The zero-order valence-electron chi connectivity index (χ0n) is 12.9. The maximum absolute atomic E-state index is 12.4. The maximum atomic E-state index is 12.4. The van der Waals surface area contributed by atoms with Gasteiger partial charge >= 0.3 is 6.09 Å². The molecule has 7 heteroatoms. The third-order valence-electron chi connectivity index (χ3n) is 3.76. The Morgan fingerprint density at radius 3 is 2.83 bits per heavy atom. The molecular weight excluding hydrogens is 310 g/mol. The second-order valence-electron chi connectivity index (χ2n) is 5.46. The van der Waals surface area contributed by atoms with Crippen molar-refractivity contribution in [3.8, 4) is 5.75 Å². The van der Waals surface area contributed by atoms with Crippen LogP contribution >= 0.6 is 0 Å². The number of cyclic esters (lactones) is 1. The number of nitrogens with one attached hydrogen (secondary N) is 1. The summed E-state index contributed by atoms with van der Waals surface area (Å²) in [5.74, 6) is -0.170. The zero-order valence-corrected chi connectivity index (χ0v) is 12.9. The minimum Gasteiger partial charge on any atom is -0.508 e. The number of ether oxygens (including phenoxy) is 1. The van der Waals surface area contributed by atoms with Crippen molar-refractivity contribution in [2.45, 2.75) is 19.1 Å². The van der Waals surface area contributed by atoms with Crippen molar-refractivity contribution in [1.29, 1.82) is 0 Å². The summed E-state index contributed by atoms with van der Waals surface area (Å²) in [5, 5.41) is 12.3. The fourth-order valence-electron chi connectivity index (χ4n) is 2.50. The molecule has 0 spiro atoms. The number of nitrogens with zero attached hydrogens (tertiary/aromatic N) is 2. The van der Waals surface area contributed by atoms with E-state index in [-0.39, 0.29) is 24.8 Å². The van der Waals surface area contributed by atoms with Crippen molar-refractivity contribution in [3.63, 3.8) is 0 Å². The number of benzene rings is 1. The molecule has 2 aromatic rings. The molecule has 124 valence electrons. The second kappa shape index (κ2) is 6.99. The number of hydrogen-bond acceptors (Lipinski definition) is 5. The molecular formula is C17H17N3O4. The second-order valence-corrected chi connectivity index (χ2v) is 5.46. The molecule has 0 saturated carbocycles. The number of aromatic nitrogens is 1. The van der Waals surface area contributed by atoms with E-state index in [9.17, 15) is 14.7 Å². The van der Waals surface area contributed by atoms with Crippen molar-refractivity contribution >= 4 is 12.0 Å². The number of rotatable bonds is 5. The highest BCUT2D eigenvalue weighted by Gasteiger charge is 2.37. The van der Waals surface area contributed by atoms with E-state index in [1.54, 1.807) is 48.8 Å². The number of carbonyl (C=O) groups excluding carboxylic acids is 2. The Kier molecular flexibility index (Phi) is 4.60. The SMILES string of the molecule is O=C(NCc1ccncc1)[C@@H]1COC(=O)N1Cc1cccc(O)c1. The van der Waals surface area contributed by atoms with E-state index in [1.165, 1.54) is 4.90 Å². The first kappa shape index (κ1) is 15.8. The molecule has 7 nitrogen and oxygen atoms in total. The first-order valence-corrected chi connectivity index (χ1v) is 7.51. The summed E-state index contributed by atoms with van der Waals surface area (Å²) in [4.78, 5) is 29.6. The molecule has 1 atom stereocenters. The van der Waals surface area contributed by atoms with E-state index in [1.807, 2.05) is 0 Å². The van der Waals surface area contributed by atoms with Gasteiger partial charge in [0.1, 0.15) is 18.4 Å². The molecule has 1 saturated heterocycles. The number of pyridine rings is 1. The summed E-state index contributed by atoms with van der Waals surface area (Å²) in [6.45, 7) is 0.562. The van der Waals surface area contributed by atoms with Gasteiger partial charge in [0.2, 0.25) is 5.91 Å². The van der Waals surface area contributed by atoms with Gasteiger partial charge < -0.3 is 15.2 Å². The smallest absolute Gasteiger partial charge is 0.410 e. The van der Waals surface area contributed by atoms with Crippen LogP contribution in [0.15, 0.2) is 48.8 Å². The molecule has 2 amide bonds. The average molecular weight is 327 g/mol. The van der Waals surface area contributed by atoms with Crippen LogP contribution in [0, 0.1) is 0 Å². The van der Waals surface area contributed by atoms with E-state index < -0.39 is 12.1 Å². The van der Waals surface area contributed by atoms with Gasteiger partial charge in [0.05, 0.1) is 6.54 Å². The largest absolute Gasteiger partial charge is 0.508 e. The van der Waals surface area contributed by atoms with E-state index in [4.69, 9.17) is 4.74 Å². The highest BCUT2D eigenvalue weighted by Crippen LogP contribution is 2.19.